The van der Waals surface area contributed by atoms with E-state index < -0.39 is 23.7 Å². The quantitative estimate of drug-likeness (QED) is 0.871. The predicted octanol–water partition coefficient (Wildman–Crippen LogP) is 2.55. The average molecular weight is 291 g/mol. The second kappa shape index (κ2) is 6.52. The molecule has 2 atom stereocenters. The highest BCUT2D eigenvalue weighted by atomic mass is 19.1. The molecule has 2 rings (SSSR count). The monoisotopic (exact) mass is 291 g/mol. The second-order valence-electron chi connectivity index (χ2n) is 5.29. The van der Waals surface area contributed by atoms with Crippen LogP contribution in [0.3, 0.4) is 0 Å². The molecule has 1 N–H and O–H groups in total. The molecule has 0 spiro atoms. The first-order valence-electron chi connectivity index (χ1n) is 6.96. The standard InChI is InChI=1S/C16H18FNO3/c1-11-5-4-10-18(15(11)16(20)21)14(19)9-8-12-6-2-3-7-13(12)17/h2-3,6-9,11,15H,4-5,10H2,1H3,(H,20,21)/b9-8+. The lowest BCUT2D eigenvalue weighted by atomic mass is 9.90. The number of carboxylic acid groups (broad SMARTS) is 1. The second-order valence-corrected chi connectivity index (χ2v) is 5.29. The van der Waals surface area contributed by atoms with Crippen LogP contribution in [0.4, 0.5) is 4.39 Å². The normalized spacial score (nSPS) is 22.5. The molecule has 2 unspecified atom stereocenters. The number of rotatable bonds is 3. The molecule has 112 valence electrons. The van der Waals surface area contributed by atoms with Crippen molar-refractivity contribution in [1.82, 2.24) is 4.90 Å². The minimum Gasteiger partial charge on any atom is -0.480 e. The lowest BCUT2D eigenvalue weighted by Gasteiger charge is -2.36. The van der Waals surface area contributed by atoms with Gasteiger partial charge >= 0.3 is 5.97 Å². The number of hydrogen-bond donors (Lipinski definition) is 1. The summed E-state index contributed by atoms with van der Waals surface area (Å²) < 4.78 is 13.5. The molecule has 1 aromatic carbocycles. The highest BCUT2D eigenvalue weighted by Gasteiger charge is 2.36. The van der Waals surface area contributed by atoms with E-state index in [0.29, 0.717) is 12.1 Å². The van der Waals surface area contributed by atoms with E-state index in [9.17, 15) is 19.1 Å². The van der Waals surface area contributed by atoms with E-state index >= 15 is 0 Å². The Morgan fingerprint density at radius 1 is 1.38 bits per heavy atom. The summed E-state index contributed by atoms with van der Waals surface area (Å²) in [5.74, 6) is -1.88. The number of amides is 1. The smallest absolute Gasteiger partial charge is 0.326 e. The van der Waals surface area contributed by atoms with Crippen LogP contribution < -0.4 is 0 Å². The minimum atomic E-state index is -0.991. The van der Waals surface area contributed by atoms with Gasteiger partial charge in [0.25, 0.3) is 0 Å². The Morgan fingerprint density at radius 2 is 2.10 bits per heavy atom. The topological polar surface area (TPSA) is 57.6 Å². The summed E-state index contributed by atoms with van der Waals surface area (Å²) in [6.45, 7) is 2.25. The van der Waals surface area contributed by atoms with Crippen LogP contribution in [0, 0.1) is 11.7 Å². The number of hydrogen-bond acceptors (Lipinski definition) is 2. The first kappa shape index (κ1) is 15.2. The molecule has 1 saturated heterocycles. The first-order valence-corrected chi connectivity index (χ1v) is 6.96. The highest BCUT2D eigenvalue weighted by Crippen LogP contribution is 2.24. The van der Waals surface area contributed by atoms with Crippen molar-refractivity contribution in [1.29, 1.82) is 0 Å². The van der Waals surface area contributed by atoms with Gasteiger partial charge in [0, 0.05) is 18.2 Å². The van der Waals surface area contributed by atoms with Crippen LogP contribution >= 0.6 is 0 Å². The van der Waals surface area contributed by atoms with E-state index in [-0.39, 0.29) is 5.92 Å². The third-order valence-corrected chi connectivity index (χ3v) is 3.78. The van der Waals surface area contributed by atoms with Gasteiger partial charge in [-0.1, -0.05) is 25.1 Å². The van der Waals surface area contributed by atoms with Crippen LogP contribution in [0.15, 0.2) is 30.3 Å². The van der Waals surface area contributed by atoms with Crippen molar-refractivity contribution < 1.29 is 19.1 Å². The maximum Gasteiger partial charge on any atom is 0.326 e. The first-order chi connectivity index (χ1) is 10.0. The van der Waals surface area contributed by atoms with Crippen LogP contribution in [0.25, 0.3) is 6.08 Å². The SMILES string of the molecule is CC1CCCN(C(=O)/C=C/c2ccccc2F)C1C(=O)O. The van der Waals surface area contributed by atoms with E-state index in [2.05, 4.69) is 0 Å². The fourth-order valence-electron chi connectivity index (χ4n) is 2.68. The number of benzene rings is 1. The molecule has 0 radical (unpaired) electrons. The molecular formula is C16H18FNO3. The summed E-state index contributed by atoms with van der Waals surface area (Å²) in [7, 11) is 0. The summed E-state index contributed by atoms with van der Waals surface area (Å²) in [6.07, 6.45) is 4.20. The zero-order valence-electron chi connectivity index (χ0n) is 11.8. The fraction of sp³-hybridized carbons (Fsp3) is 0.375. The van der Waals surface area contributed by atoms with Gasteiger partial charge in [-0.15, -0.1) is 0 Å². The Morgan fingerprint density at radius 3 is 2.76 bits per heavy atom. The zero-order chi connectivity index (χ0) is 15.4. The van der Waals surface area contributed by atoms with Crippen LogP contribution in [0.5, 0.6) is 0 Å². The molecule has 5 heteroatoms. The molecule has 4 nitrogen and oxygen atoms in total. The zero-order valence-corrected chi connectivity index (χ0v) is 11.8. The molecule has 1 aliphatic heterocycles. The minimum absolute atomic E-state index is 0.0814. The molecule has 1 amide bonds. The maximum atomic E-state index is 13.5. The van der Waals surface area contributed by atoms with Gasteiger partial charge in [0.15, 0.2) is 0 Å². The lowest BCUT2D eigenvalue weighted by molar-refractivity contribution is -0.152. The number of likely N-dealkylation sites (tertiary alicyclic amines) is 1. The summed E-state index contributed by atoms with van der Waals surface area (Å²) in [4.78, 5) is 24.9. The van der Waals surface area contributed by atoms with Gasteiger partial charge in [0.2, 0.25) is 5.91 Å². The van der Waals surface area contributed by atoms with E-state index in [1.807, 2.05) is 6.92 Å². The van der Waals surface area contributed by atoms with E-state index in [1.165, 1.54) is 23.1 Å². The summed E-state index contributed by atoms with van der Waals surface area (Å²) in [6, 6.07) is 5.31. The number of carbonyl (C=O) groups excluding carboxylic acids is 1. The Kier molecular flexibility index (Phi) is 4.73. The van der Waals surface area contributed by atoms with Crippen LogP contribution in [-0.4, -0.2) is 34.5 Å². The number of nitrogens with zero attached hydrogens (tertiary/aromatic N) is 1. The van der Waals surface area contributed by atoms with Crippen LogP contribution in [0.1, 0.15) is 25.3 Å². The molecule has 1 aliphatic rings. The van der Waals surface area contributed by atoms with Crippen molar-refractivity contribution in [3.63, 3.8) is 0 Å². The predicted molar refractivity (Wildman–Crippen MR) is 77.0 cm³/mol. The molecule has 0 aromatic heterocycles. The van der Waals surface area contributed by atoms with Gasteiger partial charge in [-0.3, -0.25) is 4.79 Å². The Labute approximate surface area is 122 Å². The van der Waals surface area contributed by atoms with E-state index in [1.54, 1.807) is 18.2 Å². The molecule has 1 fully saturated rings. The third kappa shape index (κ3) is 3.48. The molecular weight excluding hydrogens is 273 g/mol. The van der Waals surface area contributed by atoms with Crippen LogP contribution in [0.2, 0.25) is 0 Å². The third-order valence-electron chi connectivity index (χ3n) is 3.78. The molecule has 0 saturated carbocycles. The molecule has 0 aliphatic carbocycles. The van der Waals surface area contributed by atoms with Crippen molar-refractivity contribution in [3.8, 4) is 0 Å². The largest absolute Gasteiger partial charge is 0.480 e. The van der Waals surface area contributed by atoms with Crippen molar-refractivity contribution in [2.45, 2.75) is 25.8 Å². The van der Waals surface area contributed by atoms with Crippen molar-refractivity contribution in [2.24, 2.45) is 5.92 Å². The molecule has 1 heterocycles. The lowest BCUT2D eigenvalue weighted by Crippen LogP contribution is -2.51. The molecule has 21 heavy (non-hydrogen) atoms. The summed E-state index contributed by atoms with van der Waals surface area (Å²) in [5, 5.41) is 9.28. The van der Waals surface area contributed by atoms with Gasteiger partial charge in [-0.2, -0.15) is 0 Å². The summed E-state index contributed by atoms with van der Waals surface area (Å²) in [5.41, 5.74) is 0.308. The summed E-state index contributed by atoms with van der Waals surface area (Å²) >= 11 is 0. The van der Waals surface area contributed by atoms with Crippen molar-refractivity contribution in [3.05, 3.63) is 41.7 Å². The van der Waals surface area contributed by atoms with Crippen LogP contribution in [-0.2, 0) is 9.59 Å². The number of piperidine rings is 1. The number of carboxylic acids is 1. The van der Waals surface area contributed by atoms with Gasteiger partial charge < -0.3 is 10.0 Å². The Balaban J connectivity index is 2.15. The van der Waals surface area contributed by atoms with Gasteiger partial charge in [-0.25, -0.2) is 9.18 Å². The van der Waals surface area contributed by atoms with Gasteiger partial charge in [0.05, 0.1) is 0 Å². The number of carbonyl (C=O) groups is 2. The number of halogens is 1. The molecule has 1 aromatic rings. The Bertz CT molecular complexity index is 570. The maximum absolute atomic E-state index is 13.5. The van der Waals surface area contributed by atoms with Gasteiger partial charge in [-0.05, 0) is 30.9 Å². The van der Waals surface area contributed by atoms with E-state index in [4.69, 9.17) is 0 Å². The highest BCUT2D eigenvalue weighted by molar-refractivity contribution is 5.94. The Hall–Kier alpha value is -2.17. The average Bonchev–Trinajstić information content (AvgIpc) is 2.45. The van der Waals surface area contributed by atoms with Crippen molar-refractivity contribution in [2.75, 3.05) is 6.54 Å². The fourth-order valence-corrected chi connectivity index (χ4v) is 2.68. The van der Waals surface area contributed by atoms with E-state index in [0.717, 1.165) is 12.8 Å². The molecule has 0 bridgehead atoms. The van der Waals surface area contributed by atoms with Crippen molar-refractivity contribution >= 4 is 18.0 Å². The van der Waals surface area contributed by atoms with Gasteiger partial charge in [0.1, 0.15) is 11.9 Å². The number of aliphatic carboxylic acids is 1.